The number of hydrogen-bond acceptors (Lipinski definition) is 1. The number of anilines is 2. The molecule has 3 aliphatic rings. The Balaban J connectivity index is 1.16. The zero-order valence-corrected chi connectivity index (χ0v) is 35.5. The average Bonchev–Trinajstić information content (AvgIpc) is 3.93. The molecule has 2 atom stereocenters. The molecule has 1 spiro atoms. The summed E-state index contributed by atoms with van der Waals surface area (Å²) >= 11 is 0. The van der Waals surface area contributed by atoms with E-state index in [-0.39, 0.29) is 5.41 Å². The SMILES string of the molecule is C=CC1=C(/C(=C\C)N(c2ccc(-c3ccccc3)cc2)c2cccc3c2-c2ccccc2C3(C)c2ccccc2)c2ccccc2C12c1ccccc1-c1c2ccc2ccccc12. The number of hydrogen-bond donors (Lipinski definition) is 0. The van der Waals surface area contributed by atoms with Crippen LogP contribution in [0.2, 0.25) is 0 Å². The van der Waals surface area contributed by atoms with Crippen molar-refractivity contribution >= 4 is 27.7 Å². The van der Waals surface area contributed by atoms with Gasteiger partial charge in [0.15, 0.2) is 0 Å². The van der Waals surface area contributed by atoms with Gasteiger partial charge < -0.3 is 4.90 Å². The van der Waals surface area contributed by atoms with Crippen molar-refractivity contribution in [2.75, 3.05) is 4.90 Å². The molecule has 0 bridgehead atoms. The normalized spacial score (nSPS) is 17.9. The summed E-state index contributed by atoms with van der Waals surface area (Å²) < 4.78 is 0. The lowest BCUT2D eigenvalue weighted by molar-refractivity contribution is 0.714. The number of benzene rings is 9. The first-order valence-corrected chi connectivity index (χ1v) is 22.1. The van der Waals surface area contributed by atoms with E-state index in [1.807, 2.05) is 0 Å². The Morgan fingerprint density at radius 1 is 0.476 bits per heavy atom. The minimum Gasteiger partial charge on any atom is -0.310 e. The molecule has 1 heteroatoms. The van der Waals surface area contributed by atoms with Gasteiger partial charge in [0.05, 0.1) is 16.8 Å². The van der Waals surface area contributed by atoms with Gasteiger partial charge in [0.25, 0.3) is 0 Å². The van der Waals surface area contributed by atoms with Gasteiger partial charge in [-0.3, -0.25) is 0 Å². The summed E-state index contributed by atoms with van der Waals surface area (Å²) in [6.45, 7) is 9.32. The molecule has 0 aromatic heterocycles. The van der Waals surface area contributed by atoms with E-state index < -0.39 is 5.41 Å². The third-order valence-electron chi connectivity index (χ3n) is 14.3. The van der Waals surface area contributed by atoms with Gasteiger partial charge in [0.2, 0.25) is 0 Å². The van der Waals surface area contributed by atoms with Crippen LogP contribution in [-0.2, 0) is 10.8 Å². The summed E-state index contributed by atoms with van der Waals surface area (Å²) in [6.07, 6.45) is 4.49. The van der Waals surface area contributed by atoms with Crippen molar-refractivity contribution in [1.82, 2.24) is 0 Å². The predicted octanol–water partition coefficient (Wildman–Crippen LogP) is 15.9. The smallest absolute Gasteiger partial charge is 0.0726 e. The van der Waals surface area contributed by atoms with Gasteiger partial charge in [-0.15, -0.1) is 0 Å². The van der Waals surface area contributed by atoms with Crippen molar-refractivity contribution in [2.24, 2.45) is 0 Å². The predicted molar refractivity (Wildman–Crippen MR) is 264 cm³/mol. The molecule has 0 saturated heterocycles. The van der Waals surface area contributed by atoms with Gasteiger partial charge in [-0.05, 0) is 115 Å². The third-order valence-corrected chi connectivity index (χ3v) is 14.3. The van der Waals surface area contributed by atoms with E-state index in [0.29, 0.717) is 0 Å². The number of fused-ring (bicyclic) bond motifs is 12. The molecule has 298 valence electrons. The van der Waals surface area contributed by atoms with Gasteiger partial charge in [-0.1, -0.05) is 213 Å². The first-order chi connectivity index (χ1) is 31.1. The van der Waals surface area contributed by atoms with Crippen molar-refractivity contribution in [3.05, 3.63) is 281 Å². The molecule has 0 N–H and O–H groups in total. The summed E-state index contributed by atoms with van der Waals surface area (Å²) in [7, 11) is 0. The molecule has 9 aromatic carbocycles. The molecular formula is C62H45N. The fourth-order valence-corrected chi connectivity index (χ4v) is 11.7. The lowest BCUT2D eigenvalue weighted by atomic mass is 9.69. The highest BCUT2D eigenvalue weighted by Crippen LogP contribution is 2.65. The summed E-state index contributed by atoms with van der Waals surface area (Å²) in [5, 5.41) is 2.53. The maximum atomic E-state index is 4.71. The van der Waals surface area contributed by atoms with Crippen LogP contribution in [-0.4, -0.2) is 0 Å². The fraction of sp³-hybridized carbons (Fsp3) is 0.0645. The average molecular weight is 804 g/mol. The zero-order chi connectivity index (χ0) is 42.3. The summed E-state index contributed by atoms with van der Waals surface area (Å²) in [4.78, 5) is 2.54. The largest absolute Gasteiger partial charge is 0.310 e. The van der Waals surface area contributed by atoms with Crippen molar-refractivity contribution in [2.45, 2.75) is 24.7 Å². The van der Waals surface area contributed by atoms with Gasteiger partial charge >= 0.3 is 0 Å². The van der Waals surface area contributed by atoms with E-state index in [2.05, 4.69) is 243 Å². The van der Waals surface area contributed by atoms with Gasteiger partial charge in [0.1, 0.15) is 0 Å². The van der Waals surface area contributed by atoms with E-state index in [9.17, 15) is 0 Å². The Kier molecular flexibility index (Phi) is 8.33. The standard InChI is InChI=1S/C62H45N/c1-4-50-59(49-29-16-19-32-53(49)62(50)52-31-18-15-28-48(52)58-46-26-13-12-23-43(46)37-40-55(58)62)56(5-2)63(45-38-35-42(36-39-45)41-21-8-6-9-22-41)57-34-20-33-54-60(57)47-27-14-17-30-51(47)61(54,3)44-24-10-7-11-25-44/h4-40H,1H2,2-3H3/b56-5+. The van der Waals surface area contributed by atoms with Crippen LogP contribution in [0.5, 0.6) is 0 Å². The van der Waals surface area contributed by atoms with Crippen LogP contribution in [0.15, 0.2) is 242 Å². The molecule has 0 saturated carbocycles. The Morgan fingerprint density at radius 3 is 1.76 bits per heavy atom. The van der Waals surface area contributed by atoms with Crippen LogP contribution in [0.4, 0.5) is 11.4 Å². The quantitative estimate of drug-likeness (QED) is 0.155. The van der Waals surface area contributed by atoms with E-state index in [0.717, 1.165) is 17.1 Å². The Bertz CT molecular complexity index is 3370. The molecule has 63 heavy (non-hydrogen) atoms. The van der Waals surface area contributed by atoms with Crippen LogP contribution >= 0.6 is 0 Å². The van der Waals surface area contributed by atoms with E-state index in [4.69, 9.17) is 6.58 Å². The minimum atomic E-state index is -0.572. The van der Waals surface area contributed by atoms with Crippen LogP contribution in [0.25, 0.3) is 49.7 Å². The van der Waals surface area contributed by atoms with Crippen LogP contribution in [0, 0.1) is 0 Å². The zero-order valence-electron chi connectivity index (χ0n) is 35.5. The Labute approximate surface area is 370 Å². The molecule has 0 radical (unpaired) electrons. The summed E-state index contributed by atoms with van der Waals surface area (Å²) in [5.74, 6) is 0. The third kappa shape index (κ3) is 5.05. The molecular weight excluding hydrogens is 759 g/mol. The summed E-state index contributed by atoms with van der Waals surface area (Å²) in [5.41, 5.74) is 21.4. The second kappa shape index (κ2) is 14.2. The lowest BCUT2D eigenvalue weighted by Gasteiger charge is -2.34. The second-order valence-corrected chi connectivity index (χ2v) is 17.2. The molecule has 0 fully saturated rings. The molecule has 2 unspecified atom stereocenters. The van der Waals surface area contributed by atoms with Crippen molar-refractivity contribution in [3.8, 4) is 33.4 Å². The van der Waals surface area contributed by atoms with Gasteiger partial charge in [-0.25, -0.2) is 0 Å². The molecule has 0 heterocycles. The van der Waals surface area contributed by atoms with Gasteiger partial charge in [0, 0.05) is 22.2 Å². The number of allylic oxidation sites excluding steroid dienone is 4. The highest BCUT2D eigenvalue weighted by molar-refractivity contribution is 6.08. The van der Waals surface area contributed by atoms with E-state index in [1.54, 1.807) is 0 Å². The highest BCUT2D eigenvalue weighted by atomic mass is 15.2. The Hall–Kier alpha value is -7.74. The molecule has 12 rings (SSSR count). The van der Waals surface area contributed by atoms with Gasteiger partial charge in [-0.2, -0.15) is 0 Å². The second-order valence-electron chi connectivity index (χ2n) is 17.2. The van der Waals surface area contributed by atoms with Crippen LogP contribution in [0.3, 0.4) is 0 Å². The monoisotopic (exact) mass is 803 g/mol. The minimum absolute atomic E-state index is 0.349. The number of nitrogens with zero attached hydrogens (tertiary/aromatic N) is 1. The fourth-order valence-electron chi connectivity index (χ4n) is 11.7. The van der Waals surface area contributed by atoms with Crippen LogP contribution in [0.1, 0.15) is 52.8 Å². The Morgan fingerprint density at radius 2 is 1.05 bits per heavy atom. The van der Waals surface area contributed by atoms with E-state index in [1.165, 1.54) is 94.2 Å². The van der Waals surface area contributed by atoms with Crippen LogP contribution < -0.4 is 4.90 Å². The maximum absolute atomic E-state index is 4.71. The lowest BCUT2D eigenvalue weighted by Crippen LogP contribution is -2.27. The maximum Gasteiger partial charge on any atom is 0.0726 e. The van der Waals surface area contributed by atoms with Crippen molar-refractivity contribution in [3.63, 3.8) is 0 Å². The molecule has 0 aliphatic heterocycles. The molecule has 9 aromatic rings. The topological polar surface area (TPSA) is 3.24 Å². The van der Waals surface area contributed by atoms with Crippen molar-refractivity contribution in [1.29, 1.82) is 0 Å². The first-order valence-electron chi connectivity index (χ1n) is 22.1. The molecule has 0 amide bonds. The molecule has 3 aliphatic carbocycles. The highest BCUT2D eigenvalue weighted by Gasteiger charge is 2.53. The molecule has 1 nitrogen and oxygen atoms in total. The van der Waals surface area contributed by atoms with E-state index >= 15 is 0 Å². The first kappa shape index (κ1) is 37.1. The number of rotatable bonds is 7. The van der Waals surface area contributed by atoms with Crippen molar-refractivity contribution < 1.29 is 0 Å². The summed E-state index contributed by atoms with van der Waals surface area (Å²) in [6, 6.07) is 78.6.